The topological polar surface area (TPSA) is 74.1 Å². The van der Waals surface area contributed by atoms with E-state index in [2.05, 4.69) is 9.97 Å². The molecule has 0 aromatic carbocycles. The van der Waals surface area contributed by atoms with Crippen LogP contribution in [0.4, 0.5) is 0 Å². The lowest BCUT2D eigenvalue weighted by molar-refractivity contribution is -0.156. The van der Waals surface area contributed by atoms with Crippen LogP contribution in [0.25, 0.3) is 11.1 Å². The summed E-state index contributed by atoms with van der Waals surface area (Å²) >= 11 is 1.59. The summed E-state index contributed by atoms with van der Waals surface area (Å²) in [5.41, 5.74) is 0.836. The van der Waals surface area contributed by atoms with Crippen LogP contribution in [0.5, 0.6) is 0 Å². The van der Waals surface area contributed by atoms with Gasteiger partial charge >= 0.3 is 5.97 Å². The second-order valence-corrected chi connectivity index (χ2v) is 9.40. The molecule has 0 atom stereocenters. The third kappa shape index (κ3) is 6.42. The lowest BCUT2D eigenvalue weighted by Gasteiger charge is -2.26. The van der Waals surface area contributed by atoms with E-state index < -0.39 is 5.41 Å². The number of pyridine rings is 1. The molecule has 2 aromatic heterocycles. The molecule has 0 amide bonds. The number of hydrogen-bond acceptors (Lipinski definition) is 6. The van der Waals surface area contributed by atoms with Gasteiger partial charge in [-0.1, -0.05) is 44.5 Å². The number of thioether (sulfide) groups is 1. The van der Waals surface area contributed by atoms with Gasteiger partial charge in [0.1, 0.15) is 0 Å². The van der Waals surface area contributed by atoms with E-state index in [-0.39, 0.29) is 17.4 Å². The maximum absolute atomic E-state index is 12.6. The Morgan fingerprint density at radius 2 is 1.93 bits per heavy atom. The first-order valence-corrected chi connectivity index (χ1v) is 11.5. The van der Waals surface area contributed by atoms with Crippen LogP contribution >= 0.6 is 11.8 Å². The highest BCUT2D eigenvalue weighted by atomic mass is 32.2. The first kappa shape index (κ1) is 24.1. The molecule has 0 aliphatic carbocycles. The van der Waals surface area contributed by atoms with E-state index in [0.29, 0.717) is 12.2 Å². The van der Waals surface area contributed by atoms with Gasteiger partial charge in [-0.3, -0.25) is 19.1 Å². The average molecular weight is 432 g/mol. The first-order chi connectivity index (χ1) is 14.2. The quantitative estimate of drug-likeness (QED) is 0.222. The molecule has 0 aliphatic heterocycles. The predicted octanol–water partition coefficient (Wildman–Crippen LogP) is 4.72. The summed E-state index contributed by atoms with van der Waals surface area (Å²) in [6, 6.07) is 3.67. The number of aromatic nitrogens is 3. The van der Waals surface area contributed by atoms with Crippen LogP contribution in [-0.4, -0.2) is 32.9 Å². The van der Waals surface area contributed by atoms with Crippen molar-refractivity contribution >= 4 is 17.7 Å². The first-order valence-electron chi connectivity index (χ1n) is 10.5. The zero-order valence-corrected chi connectivity index (χ0v) is 19.5. The molecule has 0 aliphatic rings. The van der Waals surface area contributed by atoms with Gasteiger partial charge < -0.3 is 4.74 Å². The second-order valence-electron chi connectivity index (χ2n) is 8.34. The Balaban J connectivity index is 1.70. The number of carbonyl (C=O) groups is 1. The summed E-state index contributed by atoms with van der Waals surface area (Å²) in [4.78, 5) is 33.2. The molecule has 2 aromatic rings. The number of rotatable bonds is 11. The largest absolute Gasteiger partial charge is 0.465 e. The Kier molecular flexibility index (Phi) is 9.08. The van der Waals surface area contributed by atoms with Gasteiger partial charge in [-0.25, -0.2) is 4.98 Å². The number of unbranched alkanes of at least 4 members (excludes halogenated alkanes) is 3. The highest BCUT2D eigenvalue weighted by molar-refractivity contribution is 7.99. The van der Waals surface area contributed by atoms with Crippen molar-refractivity contribution in [3.05, 3.63) is 41.1 Å². The molecule has 30 heavy (non-hydrogen) atoms. The summed E-state index contributed by atoms with van der Waals surface area (Å²) < 4.78 is 7.02. The summed E-state index contributed by atoms with van der Waals surface area (Å²) in [7, 11) is 1.75. The van der Waals surface area contributed by atoms with E-state index in [1.54, 1.807) is 42.0 Å². The molecule has 0 spiro atoms. The van der Waals surface area contributed by atoms with Gasteiger partial charge in [0, 0.05) is 37.0 Å². The molecule has 2 heterocycles. The van der Waals surface area contributed by atoms with Crippen LogP contribution in [0.3, 0.4) is 0 Å². The van der Waals surface area contributed by atoms with E-state index in [1.807, 2.05) is 39.8 Å². The van der Waals surface area contributed by atoms with Crippen molar-refractivity contribution in [3.63, 3.8) is 0 Å². The third-order valence-corrected chi connectivity index (χ3v) is 6.70. The summed E-state index contributed by atoms with van der Waals surface area (Å²) in [5, 5.41) is 0.720. The third-order valence-electron chi connectivity index (χ3n) is 5.57. The zero-order chi connectivity index (χ0) is 22.1. The molecular weight excluding hydrogens is 398 g/mol. The van der Waals surface area contributed by atoms with E-state index in [4.69, 9.17) is 4.74 Å². The molecule has 0 unspecified atom stereocenters. The highest BCUT2D eigenvalue weighted by Crippen LogP contribution is 2.27. The van der Waals surface area contributed by atoms with Crippen molar-refractivity contribution < 1.29 is 9.53 Å². The van der Waals surface area contributed by atoms with Crippen LogP contribution in [0.2, 0.25) is 0 Å². The molecule has 0 saturated heterocycles. The van der Waals surface area contributed by atoms with Crippen LogP contribution in [-0.2, 0) is 16.6 Å². The number of hydrogen-bond donors (Lipinski definition) is 0. The average Bonchev–Trinajstić information content (AvgIpc) is 2.73. The molecule has 0 bridgehead atoms. The molecule has 164 valence electrons. The van der Waals surface area contributed by atoms with Gasteiger partial charge in [0.25, 0.3) is 5.56 Å². The number of carbonyl (C=O) groups excluding carboxylic acids is 1. The normalized spacial score (nSPS) is 11.7. The van der Waals surface area contributed by atoms with Gasteiger partial charge in [-0.05, 0) is 38.7 Å². The Bertz CT molecular complexity index is 879. The molecule has 2 rings (SSSR count). The van der Waals surface area contributed by atoms with Crippen molar-refractivity contribution in [3.8, 4) is 11.1 Å². The summed E-state index contributed by atoms with van der Waals surface area (Å²) in [6.45, 7) is 8.42. The summed E-state index contributed by atoms with van der Waals surface area (Å²) in [5.74, 6) is 1.03. The Labute approximate surface area is 183 Å². The summed E-state index contributed by atoms with van der Waals surface area (Å²) in [6.07, 6.45) is 8.96. The van der Waals surface area contributed by atoms with Crippen molar-refractivity contribution in [2.24, 2.45) is 18.4 Å². The van der Waals surface area contributed by atoms with Gasteiger partial charge in [-0.15, -0.1) is 0 Å². The SMILES string of the molecule is CC(C)C(C)(C)C(=O)OCCCCCCSc1ncc(-c2cccnc2)c(=O)n1C. The molecular formula is C23H33N3O3S. The molecule has 0 radical (unpaired) electrons. The van der Waals surface area contributed by atoms with Crippen LogP contribution < -0.4 is 5.56 Å². The number of ether oxygens (including phenoxy) is 1. The van der Waals surface area contributed by atoms with Crippen molar-refractivity contribution in [1.82, 2.24) is 14.5 Å². The standard InChI is InChI=1S/C23H33N3O3S/c1-17(2)23(3,4)21(28)29-13-8-6-7-9-14-30-22-25-16-19(20(27)26(22)5)18-11-10-12-24-15-18/h10-12,15-17H,6-9,13-14H2,1-5H3. The van der Waals surface area contributed by atoms with Gasteiger partial charge in [0.2, 0.25) is 0 Å². The molecule has 0 saturated carbocycles. The van der Waals surface area contributed by atoms with Crippen molar-refractivity contribution in [2.75, 3.05) is 12.4 Å². The van der Waals surface area contributed by atoms with E-state index in [1.165, 1.54) is 0 Å². The number of esters is 1. The van der Waals surface area contributed by atoms with Crippen LogP contribution in [0.1, 0.15) is 53.4 Å². The minimum Gasteiger partial charge on any atom is -0.465 e. The fourth-order valence-corrected chi connectivity index (χ4v) is 3.63. The highest BCUT2D eigenvalue weighted by Gasteiger charge is 2.32. The zero-order valence-electron chi connectivity index (χ0n) is 18.7. The lowest BCUT2D eigenvalue weighted by atomic mass is 9.81. The Morgan fingerprint density at radius 1 is 1.20 bits per heavy atom. The Hall–Kier alpha value is -2.15. The number of nitrogens with zero attached hydrogens (tertiary/aromatic N) is 3. The molecule has 0 fully saturated rings. The smallest absolute Gasteiger partial charge is 0.311 e. The minimum absolute atomic E-state index is 0.0633. The van der Waals surface area contributed by atoms with Crippen LogP contribution in [0.15, 0.2) is 40.7 Å². The van der Waals surface area contributed by atoms with Gasteiger partial charge in [0.15, 0.2) is 5.16 Å². The van der Waals surface area contributed by atoms with E-state index >= 15 is 0 Å². The monoisotopic (exact) mass is 431 g/mol. The molecule has 6 nitrogen and oxygen atoms in total. The predicted molar refractivity (Wildman–Crippen MR) is 121 cm³/mol. The van der Waals surface area contributed by atoms with Crippen molar-refractivity contribution in [2.45, 2.75) is 58.5 Å². The Morgan fingerprint density at radius 3 is 2.60 bits per heavy atom. The molecule has 0 N–H and O–H groups in total. The fraction of sp³-hybridized carbons (Fsp3) is 0.565. The second kappa shape index (κ2) is 11.3. The minimum atomic E-state index is -0.438. The van der Waals surface area contributed by atoms with Gasteiger partial charge in [-0.2, -0.15) is 0 Å². The maximum atomic E-state index is 12.6. The van der Waals surface area contributed by atoms with E-state index in [0.717, 1.165) is 42.2 Å². The van der Waals surface area contributed by atoms with Gasteiger partial charge in [0.05, 0.1) is 17.6 Å². The van der Waals surface area contributed by atoms with E-state index in [9.17, 15) is 9.59 Å². The van der Waals surface area contributed by atoms with Crippen LogP contribution in [0, 0.1) is 11.3 Å². The fourth-order valence-electron chi connectivity index (χ4n) is 2.69. The maximum Gasteiger partial charge on any atom is 0.311 e. The van der Waals surface area contributed by atoms with Crippen molar-refractivity contribution in [1.29, 1.82) is 0 Å². The molecule has 7 heteroatoms. The lowest BCUT2D eigenvalue weighted by Crippen LogP contribution is -2.32.